The molecule has 1 aliphatic rings. The second kappa shape index (κ2) is 3.86. The molecule has 1 rings (SSSR count). The maximum Gasteiger partial charge on any atom is 0.278 e. The molecule has 0 saturated heterocycles. The highest BCUT2D eigenvalue weighted by Crippen LogP contribution is 2.24. The fourth-order valence-electron chi connectivity index (χ4n) is 1.83. The topological polar surface area (TPSA) is 3.24 Å². The first-order valence-corrected chi connectivity index (χ1v) is 4.81. The van der Waals surface area contributed by atoms with E-state index in [1.54, 1.807) is 0 Å². The summed E-state index contributed by atoms with van der Waals surface area (Å²) in [6.45, 7) is 14.0. The van der Waals surface area contributed by atoms with Gasteiger partial charge in [0.2, 0.25) is 0 Å². The minimum atomic E-state index is 0.502. The van der Waals surface area contributed by atoms with Crippen molar-refractivity contribution in [3.63, 3.8) is 0 Å². The second-order valence-electron chi connectivity index (χ2n) is 3.74. The summed E-state index contributed by atoms with van der Waals surface area (Å²) in [5.41, 5.74) is 4.19. The maximum atomic E-state index is 3.78. The number of hydrogen-bond donors (Lipinski definition) is 0. The van der Waals surface area contributed by atoms with Crippen LogP contribution in [0.5, 0.6) is 0 Å². The van der Waals surface area contributed by atoms with Crippen LogP contribution < -0.4 is 0 Å². The van der Waals surface area contributed by atoms with Crippen molar-refractivity contribution in [1.29, 1.82) is 0 Å². The lowest BCUT2D eigenvalue weighted by atomic mass is 9.59. The lowest BCUT2D eigenvalue weighted by Gasteiger charge is -2.33. The van der Waals surface area contributed by atoms with E-state index >= 15 is 0 Å². The zero-order chi connectivity index (χ0) is 10.0. The van der Waals surface area contributed by atoms with E-state index in [-0.39, 0.29) is 0 Å². The zero-order valence-electron chi connectivity index (χ0n) is 9.09. The highest BCUT2D eigenvalue weighted by molar-refractivity contribution is 6.61. The first-order valence-electron chi connectivity index (χ1n) is 4.81. The molecule has 1 heterocycles. The molecule has 0 aromatic heterocycles. The molecule has 0 bridgehead atoms. The van der Waals surface area contributed by atoms with Crippen LogP contribution in [0.1, 0.15) is 20.8 Å². The normalized spacial score (nSPS) is 17.7. The van der Waals surface area contributed by atoms with Crippen molar-refractivity contribution in [3.05, 3.63) is 35.5 Å². The molecular weight excluding hydrogens is 157 g/mol. The smallest absolute Gasteiger partial charge is 0.278 e. The Morgan fingerprint density at radius 1 is 1.46 bits per heavy atom. The summed E-state index contributed by atoms with van der Waals surface area (Å²) in [6.07, 6.45) is 1.96. The Hall–Kier alpha value is -0.915. The predicted octanol–water partition coefficient (Wildman–Crippen LogP) is 2.89. The molecule has 13 heavy (non-hydrogen) atoms. The first kappa shape index (κ1) is 10.2. The van der Waals surface area contributed by atoms with Crippen LogP contribution in [0.15, 0.2) is 35.5 Å². The number of allylic oxidation sites excluding steroid dienone is 3. The minimum Gasteiger partial charge on any atom is -0.411 e. The highest BCUT2D eigenvalue weighted by atomic mass is 15.1. The van der Waals surface area contributed by atoms with Crippen molar-refractivity contribution >= 4 is 6.85 Å². The van der Waals surface area contributed by atoms with Gasteiger partial charge in [0.25, 0.3) is 6.85 Å². The monoisotopic (exact) mass is 175 g/mol. The summed E-state index contributed by atoms with van der Waals surface area (Å²) in [5.74, 6) is 2.31. The number of rotatable bonds is 2. The van der Waals surface area contributed by atoms with Gasteiger partial charge in [0.05, 0.1) is 0 Å². The van der Waals surface area contributed by atoms with Crippen molar-refractivity contribution in [1.82, 2.24) is 4.81 Å². The van der Waals surface area contributed by atoms with E-state index in [1.165, 1.54) is 16.8 Å². The standard InChI is InChI=1S/C11H18BN/c1-6-7-13-11(4)10(3)9(2)8-12(13)5/h6,8H,1,7H2,2-5H3. The van der Waals surface area contributed by atoms with E-state index in [0.29, 0.717) is 6.85 Å². The molecule has 0 saturated carbocycles. The molecule has 0 aromatic carbocycles. The van der Waals surface area contributed by atoms with E-state index in [2.05, 4.69) is 45.0 Å². The first-order chi connectivity index (χ1) is 6.07. The van der Waals surface area contributed by atoms with Crippen LogP contribution in [0.2, 0.25) is 6.82 Å². The van der Waals surface area contributed by atoms with Crippen molar-refractivity contribution < 1.29 is 0 Å². The average molecular weight is 175 g/mol. The summed E-state index contributed by atoms with van der Waals surface area (Å²) in [5, 5.41) is 0. The molecule has 1 aliphatic heterocycles. The number of hydrogen-bond acceptors (Lipinski definition) is 1. The molecule has 1 nitrogen and oxygen atoms in total. The Balaban J connectivity index is 2.96. The molecule has 0 unspecified atom stereocenters. The second-order valence-corrected chi connectivity index (χ2v) is 3.74. The van der Waals surface area contributed by atoms with Gasteiger partial charge in [-0.25, -0.2) is 0 Å². The Morgan fingerprint density at radius 2 is 2.08 bits per heavy atom. The van der Waals surface area contributed by atoms with Gasteiger partial charge in [0, 0.05) is 12.2 Å². The van der Waals surface area contributed by atoms with Crippen LogP contribution in [0.3, 0.4) is 0 Å². The summed E-state index contributed by atoms with van der Waals surface area (Å²) in [4.78, 5) is 2.37. The Morgan fingerprint density at radius 3 is 2.62 bits per heavy atom. The van der Waals surface area contributed by atoms with Gasteiger partial charge in [-0.05, 0) is 26.3 Å². The van der Waals surface area contributed by atoms with E-state index in [9.17, 15) is 0 Å². The van der Waals surface area contributed by atoms with Crippen LogP contribution in [-0.2, 0) is 0 Å². The van der Waals surface area contributed by atoms with Gasteiger partial charge in [0.15, 0.2) is 0 Å². The van der Waals surface area contributed by atoms with E-state index < -0.39 is 0 Å². The van der Waals surface area contributed by atoms with Gasteiger partial charge in [-0.2, -0.15) is 0 Å². The molecule has 0 aliphatic carbocycles. The highest BCUT2D eigenvalue weighted by Gasteiger charge is 2.21. The molecule has 0 fully saturated rings. The molecule has 2 heteroatoms. The lowest BCUT2D eigenvalue weighted by molar-refractivity contribution is 0.583. The Kier molecular flexibility index (Phi) is 3.02. The van der Waals surface area contributed by atoms with Crippen molar-refractivity contribution in [2.45, 2.75) is 27.6 Å². The van der Waals surface area contributed by atoms with Crippen LogP contribution >= 0.6 is 0 Å². The molecule has 0 atom stereocenters. The maximum absolute atomic E-state index is 3.78. The Bertz CT molecular complexity index is 276. The molecule has 0 N–H and O–H groups in total. The van der Waals surface area contributed by atoms with Crippen molar-refractivity contribution in [2.24, 2.45) is 0 Å². The average Bonchev–Trinajstić information content (AvgIpc) is 2.09. The third-order valence-electron chi connectivity index (χ3n) is 2.87. The third kappa shape index (κ3) is 1.88. The summed E-state index contributed by atoms with van der Waals surface area (Å²) >= 11 is 0. The van der Waals surface area contributed by atoms with E-state index in [0.717, 1.165) is 6.54 Å². The van der Waals surface area contributed by atoms with Gasteiger partial charge in [-0.1, -0.05) is 24.4 Å². The SMILES string of the molecule is C=CCN1B(C)C=C(C)C(C)=C1C. The zero-order valence-corrected chi connectivity index (χ0v) is 9.09. The molecule has 70 valence electrons. The van der Waals surface area contributed by atoms with E-state index in [4.69, 9.17) is 0 Å². The van der Waals surface area contributed by atoms with Gasteiger partial charge in [0.1, 0.15) is 0 Å². The summed E-state index contributed by atoms with van der Waals surface area (Å²) < 4.78 is 0. The third-order valence-corrected chi connectivity index (χ3v) is 2.87. The fourth-order valence-corrected chi connectivity index (χ4v) is 1.83. The fraction of sp³-hybridized carbons (Fsp3) is 0.455. The van der Waals surface area contributed by atoms with Gasteiger partial charge in [-0.15, -0.1) is 6.58 Å². The van der Waals surface area contributed by atoms with Crippen LogP contribution in [0.4, 0.5) is 0 Å². The van der Waals surface area contributed by atoms with Crippen LogP contribution in [0.25, 0.3) is 0 Å². The molecule has 0 spiro atoms. The largest absolute Gasteiger partial charge is 0.411 e. The Labute approximate surface area is 81.9 Å². The summed E-state index contributed by atoms with van der Waals surface area (Å²) in [6, 6.07) is 0. The molecule has 0 aromatic rings. The number of nitrogens with zero attached hydrogens (tertiary/aromatic N) is 1. The van der Waals surface area contributed by atoms with E-state index in [1.807, 2.05) is 6.08 Å². The molecule has 0 amide bonds. The van der Waals surface area contributed by atoms with Crippen LogP contribution in [-0.4, -0.2) is 18.2 Å². The lowest BCUT2D eigenvalue weighted by Crippen LogP contribution is -2.37. The quantitative estimate of drug-likeness (QED) is 0.460. The summed E-state index contributed by atoms with van der Waals surface area (Å²) in [7, 11) is 0. The van der Waals surface area contributed by atoms with Crippen molar-refractivity contribution in [2.75, 3.05) is 6.54 Å². The molecular formula is C11H18BN. The van der Waals surface area contributed by atoms with Gasteiger partial charge < -0.3 is 4.81 Å². The van der Waals surface area contributed by atoms with Gasteiger partial charge in [-0.3, -0.25) is 0 Å². The predicted molar refractivity (Wildman–Crippen MR) is 60.7 cm³/mol. The minimum absolute atomic E-state index is 0.502. The molecule has 0 radical (unpaired) electrons. The van der Waals surface area contributed by atoms with Crippen LogP contribution in [0, 0.1) is 0 Å². The van der Waals surface area contributed by atoms with Crippen molar-refractivity contribution in [3.8, 4) is 0 Å². The van der Waals surface area contributed by atoms with Gasteiger partial charge >= 0.3 is 0 Å².